The highest BCUT2D eigenvalue weighted by Gasteiger charge is 2.27. The van der Waals surface area contributed by atoms with E-state index in [2.05, 4.69) is 15.6 Å². The van der Waals surface area contributed by atoms with E-state index in [9.17, 15) is 0 Å². The first kappa shape index (κ1) is 9.78. The summed E-state index contributed by atoms with van der Waals surface area (Å²) in [7, 11) is 0. The van der Waals surface area contributed by atoms with Crippen LogP contribution in [-0.2, 0) is 0 Å². The van der Waals surface area contributed by atoms with E-state index in [4.69, 9.17) is 22.9 Å². The van der Waals surface area contributed by atoms with Gasteiger partial charge in [-0.3, -0.25) is 5.73 Å². The molecule has 1 heterocycles. The van der Waals surface area contributed by atoms with Crippen molar-refractivity contribution in [2.45, 2.75) is 19.0 Å². The van der Waals surface area contributed by atoms with Crippen LogP contribution in [-0.4, -0.2) is 18.3 Å². The number of allylic oxidation sites excluding steroid dienone is 1. The van der Waals surface area contributed by atoms with Crippen molar-refractivity contribution in [2.24, 2.45) is 27.9 Å². The smallest absolute Gasteiger partial charge is 0.244 e. The van der Waals surface area contributed by atoms with E-state index in [1.54, 1.807) is 6.92 Å². The molecular formula is C6H15N7. The molecule has 0 saturated carbocycles. The number of hydrogen-bond donors (Lipinski definition) is 6. The largest absolute Gasteiger partial charge is 0.395 e. The molecule has 10 N–H and O–H groups in total. The number of nitrogens with two attached hydrogens (primary N) is 4. The maximum absolute atomic E-state index is 5.74. The molecule has 0 fully saturated rings. The van der Waals surface area contributed by atoms with Gasteiger partial charge < -0.3 is 22.5 Å². The number of nitrogens with one attached hydrogen (secondary N) is 2. The predicted octanol–water partition coefficient (Wildman–Crippen LogP) is -2.79. The topological polar surface area (TPSA) is 140 Å². The Morgan fingerprint density at radius 2 is 2.23 bits per heavy atom. The highest BCUT2D eigenvalue weighted by atomic mass is 15.5. The molecule has 1 aliphatic heterocycles. The lowest BCUT2D eigenvalue weighted by molar-refractivity contribution is 0.269. The Labute approximate surface area is 76.2 Å². The van der Waals surface area contributed by atoms with Gasteiger partial charge in [-0.1, -0.05) is 0 Å². The Morgan fingerprint density at radius 1 is 1.62 bits per heavy atom. The summed E-state index contributed by atoms with van der Waals surface area (Å²) in [6.45, 7) is 1.74. The van der Waals surface area contributed by atoms with Crippen LogP contribution in [0.1, 0.15) is 6.92 Å². The predicted molar refractivity (Wildman–Crippen MR) is 50.7 cm³/mol. The molecule has 13 heavy (non-hydrogen) atoms. The summed E-state index contributed by atoms with van der Waals surface area (Å²) in [5.74, 6) is -0.883. The van der Waals surface area contributed by atoms with Crippen LogP contribution in [0.5, 0.6) is 0 Å². The Balaban J connectivity index is 2.72. The molecule has 1 unspecified atom stereocenters. The molecular weight excluding hydrogens is 170 g/mol. The second-order valence-corrected chi connectivity index (χ2v) is 2.95. The van der Waals surface area contributed by atoms with Gasteiger partial charge >= 0.3 is 0 Å². The molecule has 0 radical (unpaired) electrons. The van der Waals surface area contributed by atoms with Gasteiger partial charge in [-0.15, -0.1) is 0 Å². The SMILES string of the molecule is CC(N)N[C@@]1(N)N=CC(N)=C(N)N1. The summed E-state index contributed by atoms with van der Waals surface area (Å²) in [5, 5.41) is 5.48. The molecule has 1 aliphatic rings. The fraction of sp³-hybridized carbons (Fsp3) is 0.500. The lowest BCUT2D eigenvalue weighted by Crippen LogP contribution is -2.68. The van der Waals surface area contributed by atoms with Gasteiger partial charge in [0.2, 0.25) is 5.91 Å². The zero-order valence-corrected chi connectivity index (χ0v) is 7.41. The summed E-state index contributed by atoms with van der Waals surface area (Å²) in [5.41, 5.74) is 22.6. The molecule has 7 nitrogen and oxygen atoms in total. The maximum atomic E-state index is 5.74. The average Bonchev–Trinajstić information content (AvgIpc) is 1.96. The van der Waals surface area contributed by atoms with Gasteiger partial charge in [0.05, 0.1) is 18.1 Å². The summed E-state index contributed by atoms with van der Waals surface area (Å²) in [6, 6.07) is 0. The van der Waals surface area contributed by atoms with E-state index in [0.29, 0.717) is 5.70 Å². The lowest BCUT2D eigenvalue weighted by Gasteiger charge is -2.32. The molecule has 7 heteroatoms. The van der Waals surface area contributed by atoms with Gasteiger partial charge in [0, 0.05) is 0 Å². The van der Waals surface area contributed by atoms with Crippen molar-refractivity contribution < 1.29 is 0 Å². The third-order valence-electron chi connectivity index (χ3n) is 1.49. The van der Waals surface area contributed by atoms with Gasteiger partial charge in [0.25, 0.3) is 0 Å². The van der Waals surface area contributed by atoms with Crippen molar-refractivity contribution in [3.8, 4) is 0 Å². The van der Waals surface area contributed by atoms with Crippen molar-refractivity contribution in [1.29, 1.82) is 0 Å². The third kappa shape index (κ3) is 2.31. The Kier molecular flexibility index (Phi) is 2.41. The number of hydrogen-bond acceptors (Lipinski definition) is 7. The second kappa shape index (κ2) is 3.21. The number of nitrogens with zero attached hydrogens (tertiary/aromatic N) is 1. The molecule has 0 aromatic carbocycles. The van der Waals surface area contributed by atoms with Gasteiger partial charge in [0.1, 0.15) is 5.82 Å². The third-order valence-corrected chi connectivity index (χ3v) is 1.49. The summed E-state index contributed by atoms with van der Waals surface area (Å²) >= 11 is 0. The van der Waals surface area contributed by atoms with Crippen LogP contribution in [0, 0.1) is 0 Å². The maximum Gasteiger partial charge on any atom is 0.244 e. The standard InChI is InChI=1S/C6H15N7/c1-3(7)12-6(10)11-2-4(8)5(9)13-6/h2-3,12-13H,7-10H2,1H3/t3?,6-/m1/s1. The van der Waals surface area contributed by atoms with Crippen LogP contribution >= 0.6 is 0 Å². The van der Waals surface area contributed by atoms with E-state index >= 15 is 0 Å². The van der Waals surface area contributed by atoms with E-state index in [0.717, 1.165) is 0 Å². The van der Waals surface area contributed by atoms with Crippen LogP contribution < -0.4 is 33.6 Å². The minimum atomic E-state index is -1.17. The molecule has 0 spiro atoms. The molecule has 0 aliphatic carbocycles. The van der Waals surface area contributed by atoms with E-state index < -0.39 is 5.91 Å². The Morgan fingerprint density at radius 3 is 2.69 bits per heavy atom. The first-order valence-corrected chi connectivity index (χ1v) is 3.84. The van der Waals surface area contributed by atoms with Crippen LogP contribution in [0.15, 0.2) is 16.5 Å². The molecule has 0 amide bonds. The van der Waals surface area contributed by atoms with Gasteiger partial charge in [-0.25, -0.2) is 10.3 Å². The van der Waals surface area contributed by atoms with E-state index in [1.165, 1.54) is 6.21 Å². The lowest BCUT2D eigenvalue weighted by atomic mass is 10.4. The minimum absolute atomic E-state index is 0.283. The van der Waals surface area contributed by atoms with Crippen molar-refractivity contribution in [2.75, 3.05) is 0 Å². The van der Waals surface area contributed by atoms with Crippen molar-refractivity contribution >= 4 is 6.21 Å². The summed E-state index contributed by atoms with van der Waals surface area (Å²) in [4.78, 5) is 3.92. The first-order valence-electron chi connectivity index (χ1n) is 3.84. The average molecular weight is 185 g/mol. The zero-order valence-electron chi connectivity index (χ0n) is 7.41. The number of rotatable bonds is 2. The van der Waals surface area contributed by atoms with Crippen LogP contribution in [0.2, 0.25) is 0 Å². The minimum Gasteiger partial charge on any atom is -0.395 e. The molecule has 1 rings (SSSR count). The highest BCUT2D eigenvalue weighted by molar-refractivity contribution is 5.79. The van der Waals surface area contributed by atoms with Crippen molar-refractivity contribution in [1.82, 2.24) is 10.6 Å². The Bertz CT molecular complexity index is 256. The normalized spacial score (nSPS) is 30.1. The van der Waals surface area contributed by atoms with Crippen molar-refractivity contribution in [3.05, 3.63) is 11.5 Å². The summed E-state index contributed by atoms with van der Waals surface area (Å²) in [6.07, 6.45) is 1.09. The molecule has 0 aromatic rings. The molecule has 0 bridgehead atoms. The fourth-order valence-corrected chi connectivity index (χ4v) is 0.971. The summed E-state index contributed by atoms with van der Waals surface area (Å²) < 4.78 is 0. The van der Waals surface area contributed by atoms with Gasteiger partial charge in [-0.05, 0) is 6.92 Å². The molecule has 2 atom stereocenters. The van der Waals surface area contributed by atoms with Gasteiger partial charge in [0.15, 0.2) is 0 Å². The van der Waals surface area contributed by atoms with Crippen LogP contribution in [0.4, 0.5) is 0 Å². The molecule has 0 saturated heterocycles. The fourth-order valence-electron chi connectivity index (χ4n) is 0.971. The number of aliphatic imine (C=N–C) groups is 1. The van der Waals surface area contributed by atoms with Crippen molar-refractivity contribution in [3.63, 3.8) is 0 Å². The zero-order chi connectivity index (χ0) is 10.1. The molecule has 74 valence electrons. The second-order valence-electron chi connectivity index (χ2n) is 2.95. The molecule has 0 aromatic heterocycles. The monoisotopic (exact) mass is 185 g/mol. The quantitative estimate of drug-likeness (QED) is 0.257. The van der Waals surface area contributed by atoms with E-state index in [-0.39, 0.29) is 12.0 Å². The van der Waals surface area contributed by atoms with E-state index in [1.807, 2.05) is 0 Å². The van der Waals surface area contributed by atoms with Crippen LogP contribution in [0.25, 0.3) is 0 Å². The van der Waals surface area contributed by atoms with Crippen LogP contribution in [0.3, 0.4) is 0 Å². The highest BCUT2D eigenvalue weighted by Crippen LogP contribution is 2.02. The Hall–Kier alpha value is -1.31. The van der Waals surface area contributed by atoms with Gasteiger partial charge in [-0.2, -0.15) is 0 Å². The first-order chi connectivity index (χ1) is 5.93.